The maximum atomic E-state index is 13.6. The molecule has 0 N–H and O–H groups in total. The average Bonchev–Trinajstić information content (AvgIpc) is 3.14. The fourth-order valence-electron chi connectivity index (χ4n) is 3.85. The van der Waals surface area contributed by atoms with E-state index >= 15 is 0 Å². The third-order valence-electron chi connectivity index (χ3n) is 5.01. The van der Waals surface area contributed by atoms with Gasteiger partial charge in [0.25, 0.3) is 0 Å². The van der Waals surface area contributed by atoms with Gasteiger partial charge in [0.2, 0.25) is 0 Å². The number of ketones is 1. The van der Waals surface area contributed by atoms with E-state index in [1.165, 1.54) is 30.5 Å². The summed E-state index contributed by atoms with van der Waals surface area (Å²) in [6.07, 6.45) is 4.19. The van der Waals surface area contributed by atoms with Gasteiger partial charge in [-0.3, -0.25) is 4.79 Å². The van der Waals surface area contributed by atoms with Gasteiger partial charge in [0.05, 0.1) is 0 Å². The lowest BCUT2D eigenvalue weighted by Gasteiger charge is -2.30. The first-order chi connectivity index (χ1) is 11.7. The van der Waals surface area contributed by atoms with Gasteiger partial charge in [-0.25, -0.2) is 4.39 Å². The third kappa shape index (κ3) is 2.64. The maximum absolute atomic E-state index is 13.6. The van der Waals surface area contributed by atoms with Crippen LogP contribution in [0.5, 0.6) is 0 Å². The van der Waals surface area contributed by atoms with Crippen LogP contribution in [0.2, 0.25) is 0 Å². The summed E-state index contributed by atoms with van der Waals surface area (Å²) in [6.45, 7) is 2.02. The van der Waals surface area contributed by atoms with Crippen molar-refractivity contribution in [2.75, 3.05) is 13.1 Å². The van der Waals surface area contributed by atoms with E-state index < -0.39 is 0 Å². The lowest BCUT2D eigenvalue weighted by atomic mass is 9.84. The van der Waals surface area contributed by atoms with Crippen molar-refractivity contribution < 1.29 is 9.18 Å². The van der Waals surface area contributed by atoms with Gasteiger partial charge < -0.3 is 4.90 Å². The summed E-state index contributed by atoms with van der Waals surface area (Å²) in [7, 11) is 0. The van der Waals surface area contributed by atoms with Crippen LogP contribution >= 0.6 is 0 Å². The molecule has 0 aromatic heterocycles. The molecule has 122 valence electrons. The van der Waals surface area contributed by atoms with Crippen molar-refractivity contribution in [1.29, 1.82) is 0 Å². The van der Waals surface area contributed by atoms with Gasteiger partial charge >= 0.3 is 0 Å². The van der Waals surface area contributed by atoms with Crippen molar-refractivity contribution in [1.82, 2.24) is 4.90 Å². The first-order valence-corrected chi connectivity index (χ1v) is 8.60. The van der Waals surface area contributed by atoms with E-state index in [1.54, 1.807) is 12.1 Å². The Morgan fingerprint density at radius 1 is 0.958 bits per heavy atom. The zero-order valence-corrected chi connectivity index (χ0v) is 13.6. The SMILES string of the molecule is O=C(C1=C(N2CCCC2)CCc2ccccc21)c1cccc(F)c1. The number of benzene rings is 2. The largest absolute Gasteiger partial charge is 0.374 e. The van der Waals surface area contributed by atoms with Gasteiger partial charge in [-0.2, -0.15) is 0 Å². The molecule has 2 nitrogen and oxygen atoms in total. The molecule has 1 saturated heterocycles. The van der Waals surface area contributed by atoms with Gasteiger partial charge in [0.15, 0.2) is 5.78 Å². The summed E-state index contributed by atoms with van der Waals surface area (Å²) in [4.78, 5) is 15.6. The fraction of sp³-hybridized carbons (Fsp3) is 0.286. The molecule has 0 atom stereocenters. The Morgan fingerprint density at radius 3 is 2.54 bits per heavy atom. The Hall–Kier alpha value is -2.42. The molecule has 0 unspecified atom stereocenters. The van der Waals surface area contributed by atoms with Crippen molar-refractivity contribution in [3.05, 3.63) is 76.7 Å². The van der Waals surface area contributed by atoms with Crippen LogP contribution < -0.4 is 0 Å². The van der Waals surface area contributed by atoms with Crippen LogP contribution in [-0.4, -0.2) is 23.8 Å². The molecule has 1 aliphatic heterocycles. The Bertz CT molecular complexity index is 818. The van der Waals surface area contributed by atoms with Gasteiger partial charge in [0, 0.05) is 29.9 Å². The summed E-state index contributed by atoms with van der Waals surface area (Å²) in [5, 5.41) is 0. The van der Waals surface area contributed by atoms with Gasteiger partial charge in [-0.15, -0.1) is 0 Å². The molecule has 4 rings (SSSR count). The molecule has 3 heteroatoms. The molecule has 0 amide bonds. The smallest absolute Gasteiger partial charge is 0.195 e. The van der Waals surface area contributed by atoms with Crippen LogP contribution in [0.15, 0.2) is 54.2 Å². The van der Waals surface area contributed by atoms with Crippen LogP contribution in [0.3, 0.4) is 0 Å². The lowest BCUT2D eigenvalue weighted by Crippen LogP contribution is -2.25. The van der Waals surface area contributed by atoms with E-state index in [9.17, 15) is 9.18 Å². The minimum atomic E-state index is -0.367. The average molecular weight is 321 g/mol. The van der Waals surface area contributed by atoms with E-state index in [1.807, 2.05) is 18.2 Å². The molecule has 0 radical (unpaired) electrons. The monoisotopic (exact) mass is 321 g/mol. The predicted molar refractivity (Wildman–Crippen MR) is 93.2 cm³/mol. The normalized spacial score (nSPS) is 17.1. The molecule has 0 saturated carbocycles. The summed E-state index contributed by atoms with van der Waals surface area (Å²) >= 11 is 0. The topological polar surface area (TPSA) is 20.3 Å². The number of likely N-dealkylation sites (tertiary alicyclic amines) is 1. The van der Waals surface area contributed by atoms with Crippen LogP contribution in [0.25, 0.3) is 5.57 Å². The molecule has 2 aromatic carbocycles. The Kier molecular flexibility index (Phi) is 3.93. The Morgan fingerprint density at radius 2 is 1.75 bits per heavy atom. The van der Waals surface area contributed by atoms with Crippen molar-refractivity contribution >= 4 is 11.4 Å². The highest BCUT2D eigenvalue weighted by Gasteiger charge is 2.29. The Labute approximate surface area is 141 Å². The number of Topliss-reactive ketones (excluding diaryl/α,β-unsaturated/α-hetero) is 1. The molecule has 0 spiro atoms. The number of fused-ring (bicyclic) bond motifs is 1. The molecule has 24 heavy (non-hydrogen) atoms. The zero-order valence-electron chi connectivity index (χ0n) is 13.6. The van der Waals surface area contributed by atoms with E-state index in [4.69, 9.17) is 0 Å². The second kappa shape index (κ2) is 6.23. The van der Waals surface area contributed by atoms with Crippen LogP contribution in [-0.2, 0) is 6.42 Å². The lowest BCUT2D eigenvalue weighted by molar-refractivity contribution is 0.105. The first kappa shape index (κ1) is 15.1. The quantitative estimate of drug-likeness (QED) is 0.778. The van der Waals surface area contributed by atoms with E-state index in [-0.39, 0.29) is 11.6 Å². The molecular weight excluding hydrogens is 301 g/mol. The third-order valence-corrected chi connectivity index (χ3v) is 5.01. The second-order valence-corrected chi connectivity index (χ2v) is 6.51. The van der Waals surface area contributed by atoms with Crippen molar-refractivity contribution in [2.45, 2.75) is 25.7 Å². The van der Waals surface area contributed by atoms with E-state index in [0.29, 0.717) is 5.56 Å². The van der Waals surface area contributed by atoms with E-state index in [2.05, 4.69) is 11.0 Å². The number of allylic oxidation sites excluding steroid dienone is 2. The summed E-state index contributed by atoms with van der Waals surface area (Å²) < 4.78 is 13.6. The molecule has 1 aliphatic carbocycles. The summed E-state index contributed by atoms with van der Waals surface area (Å²) in [5.74, 6) is -0.434. The molecule has 0 bridgehead atoms. The molecule has 2 aromatic rings. The predicted octanol–water partition coefficient (Wildman–Crippen LogP) is 4.46. The fourth-order valence-corrected chi connectivity index (χ4v) is 3.85. The number of rotatable bonds is 3. The Balaban J connectivity index is 1.86. The van der Waals surface area contributed by atoms with Crippen molar-refractivity contribution in [3.63, 3.8) is 0 Å². The van der Waals surface area contributed by atoms with Gasteiger partial charge in [-0.1, -0.05) is 36.4 Å². The van der Waals surface area contributed by atoms with Crippen LogP contribution in [0.4, 0.5) is 4.39 Å². The number of carbonyl (C=O) groups excluding carboxylic acids is 1. The highest BCUT2D eigenvalue weighted by atomic mass is 19.1. The second-order valence-electron chi connectivity index (χ2n) is 6.51. The minimum absolute atomic E-state index is 0.0662. The zero-order chi connectivity index (χ0) is 16.5. The number of aryl methyl sites for hydroxylation is 1. The number of carbonyl (C=O) groups is 1. The van der Waals surface area contributed by atoms with Crippen molar-refractivity contribution in [3.8, 4) is 0 Å². The molecular formula is C21H20FNO. The number of hydrogen-bond acceptors (Lipinski definition) is 2. The summed E-state index contributed by atoms with van der Waals surface area (Å²) in [6, 6.07) is 14.1. The van der Waals surface area contributed by atoms with Gasteiger partial charge in [0.1, 0.15) is 5.82 Å². The first-order valence-electron chi connectivity index (χ1n) is 8.60. The van der Waals surface area contributed by atoms with Crippen molar-refractivity contribution in [2.24, 2.45) is 0 Å². The highest BCUT2D eigenvalue weighted by molar-refractivity contribution is 6.30. The van der Waals surface area contributed by atoms with E-state index in [0.717, 1.165) is 42.8 Å². The van der Waals surface area contributed by atoms with Crippen LogP contribution in [0.1, 0.15) is 40.7 Å². The van der Waals surface area contributed by atoms with Crippen LogP contribution in [0, 0.1) is 5.82 Å². The number of hydrogen-bond donors (Lipinski definition) is 0. The molecule has 1 fully saturated rings. The molecule has 2 aliphatic rings. The van der Waals surface area contributed by atoms with Gasteiger partial charge in [-0.05, 0) is 48.9 Å². The standard InChI is InChI=1S/C21H20FNO/c22-17-8-5-7-16(14-17)21(24)20-18-9-2-1-6-15(18)10-11-19(20)23-12-3-4-13-23/h1-2,5-9,14H,3-4,10-13H2. The minimum Gasteiger partial charge on any atom is -0.374 e. The number of nitrogens with zero attached hydrogens (tertiary/aromatic N) is 1. The highest BCUT2D eigenvalue weighted by Crippen LogP contribution is 2.36. The number of halogens is 1. The maximum Gasteiger partial charge on any atom is 0.195 e. The summed E-state index contributed by atoms with van der Waals surface area (Å²) in [5.41, 5.74) is 4.56. The molecule has 1 heterocycles.